The van der Waals surface area contributed by atoms with Crippen LogP contribution in [-0.2, 0) is 11.0 Å². The fraction of sp³-hybridized carbons (Fsp3) is 0.429. The fourth-order valence-electron chi connectivity index (χ4n) is 4.25. The summed E-state index contributed by atoms with van der Waals surface area (Å²) in [5, 5.41) is 0. The smallest absolute Gasteiger partial charge is 0.416 e. The number of hydrogen-bond donors (Lipinski definition) is 0. The molecule has 0 radical (unpaired) electrons. The van der Waals surface area contributed by atoms with Crippen molar-refractivity contribution >= 4 is 17.9 Å². The van der Waals surface area contributed by atoms with Crippen LogP contribution in [0.25, 0.3) is 6.08 Å². The van der Waals surface area contributed by atoms with E-state index in [1.165, 1.54) is 12.1 Å². The van der Waals surface area contributed by atoms with Crippen molar-refractivity contribution in [3.05, 3.63) is 71.3 Å². The topological polar surface area (TPSA) is 53.1 Å². The fourth-order valence-corrected chi connectivity index (χ4v) is 4.25. The van der Waals surface area contributed by atoms with Crippen molar-refractivity contribution in [3.63, 3.8) is 0 Å². The molecule has 0 atom stereocenters. The van der Waals surface area contributed by atoms with Crippen molar-refractivity contribution in [2.24, 2.45) is 0 Å². The Bertz CT molecular complexity index is 1080. The maximum Gasteiger partial charge on any atom is 0.416 e. The summed E-state index contributed by atoms with van der Waals surface area (Å²) in [6.45, 7) is 5.69. The summed E-state index contributed by atoms with van der Waals surface area (Å²) in [6.07, 6.45) is 0.655. The molecule has 0 unspecified atom stereocenters. The lowest BCUT2D eigenvalue weighted by molar-refractivity contribution is -0.137. The van der Waals surface area contributed by atoms with Crippen molar-refractivity contribution < 1.29 is 27.5 Å². The summed E-state index contributed by atoms with van der Waals surface area (Å²) < 4.78 is 44.4. The number of hydrogen-bond acceptors (Lipinski definition) is 4. The van der Waals surface area contributed by atoms with Gasteiger partial charge in [-0.3, -0.25) is 14.5 Å². The molecule has 1 aliphatic rings. The quantitative estimate of drug-likeness (QED) is 0.454. The molecule has 1 heterocycles. The third-order valence-corrected chi connectivity index (χ3v) is 6.36. The van der Waals surface area contributed by atoms with Crippen LogP contribution in [0.3, 0.4) is 0 Å². The Labute approximate surface area is 216 Å². The summed E-state index contributed by atoms with van der Waals surface area (Å²) in [7, 11) is 1.62. The van der Waals surface area contributed by atoms with Gasteiger partial charge in [0.05, 0.1) is 12.7 Å². The predicted molar refractivity (Wildman–Crippen MR) is 137 cm³/mol. The van der Waals surface area contributed by atoms with Crippen LogP contribution in [0.15, 0.2) is 54.6 Å². The summed E-state index contributed by atoms with van der Waals surface area (Å²) in [5.41, 5.74) is 0.157. The molecule has 2 aromatic rings. The third-order valence-electron chi connectivity index (χ3n) is 6.36. The average Bonchev–Trinajstić information content (AvgIpc) is 2.90. The van der Waals surface area contributed by atoms with Gasteiger partial charge in [0, 0.05) is 63.4 Å². The van der Waals surface area contributed by atoms with Crippen molar-refractivity contribution in [2.45, 2.75) is 25.9 Å². The lowest BCUT2D eigenvalue weighted by Gasteiger charge is -2.36. The molecule has 2 amide bonds. The van der Waals surface area contributed by atoms with Gasteiger partial charge in [0.1, 0.15) is 5.75 Å². The Morgan fingerprint density at radius 3 is 2.46 bits per heavy atom. The molecule has 0 saturated carbocycles. The molecule has 0 spiro atoms. The monoisotopic (exact) mass is 517 g/mol. The lowest BCUT2D eigenvalue weighted by Crippen LogP contribution is -2.50. The van der Waals surface area contributed by atoms with Crippen LogP contribution in [-0.4, -0.2) is 79.4 Å². The molecule has 0 aromatic heterocycles. The molecule has 37 heavy (non-hydrogen) atoms. The molecule has 200 valence electrons. The molecule has 9 heteroatoms. The number of carbonyl (C=O) groups is 2. The highest BCUT2D eigenvalue weighted by molar-refractivity contribution is 5.94. The van der Waals surface area contributed by atoms with Gasteiger partial charge in [0.25, 0.3) is 5.91 Å². The van der Waals surface area contributed by atoms with Crippen molar-refractivity contribution in [1.29, 1.82) is 0 Å². The average molecular weight is 518 g/mol. The van der Waals surface area contributed by atoms with Gasteiger partial charge in [-0.25, -0.2) is 0 Å². The van der Waals surface area contributed by atoms with E-state index >= 15 is 0 Å². The van der Waals surface area contributed by atoms with E-state index < -0.39 is 17.6 Å². The highest BCUT2D eigenvalue weighted by Crippen LogP contribution is 2.29. The van der Waals surface area contributed by atoms with E-state index in [0.29, 0.717) is 52.2 Å². The van der Waals surface area contributed by atoms with Gasteiger partial charge in [-0.2, -0.15) is 13.2 Å². The predicted octanol–water partition coefficient (Wildman–Crippen LogP) is 4.81. The first-order valence-electron chi connectivity index (χ1n) is 12.5. The van der Waals surface area contributed by atoms with E-state index in [1.54, 1.807) is 12.0 Å². The molecule has 6 nitrogen and oxygen atoms in total. The minimum absolute atomic E-state index is 0.0430. The van der Waals surface area contributed by atoms with Crippen LogP contribution in [0.4, 0.5) is 13.2 Å². The van der Waals surface area contributed by atoms with Crippen LogP contribution in [0.2, 0.25) is 0 Å². The second kappa shape index (κ2) is 13.3. The van der Waals surface area contributed by atoms with Crippen LogP contribution in [0.5, 0.6) is 5.75 Å². The minimum Gasteiger partial charge on any atom is -0.496 e. The zero-order chi connectivity index (χ0) is 26.8. The number of alkyl halides is 3. The summed E-state index contributed by atoms with van der Waals surface area (Å²) in [5.74, 6) is 0.459. The Morgan fingerprint density at radius 1 is 1.05 bits per heavy atom. The number of benzene rings is 2. The zero-order valence-electron chi connectivity index (χ0n) is 21.3. The number of rotatable bonds is 10. The van der Waals surface area contributed by atoms with E-state index in [0.717, 1.165) is 29.9 Å². The maximum absolute atomic E-state index is 13.0. The van der Waals surface area contributed by atoms with Crippen molar-refractivity contribution in [3.8, 4) is 5.75 Å². The SMILES string of the molecule is CCCC(=O)N(CC=Cc1ccccc1OC)CCN1CCN(C(=O)c2cccc(C(F)(F)F)c2)CC1. The Morgan fingerprint density at radius 2 is 1.78 bits per heavy atom. The van der Waals surface area contributed by atoms with Gasteiger partial charge >= 0.3 is 6.18 Å². The van der Waals surface area contributed by atoms with Crippen LogP contribution in [0, 0.1) is 0 Å². The number of para-hydroxylation sites is 1. The van der Waals surface area contributed by atoms with E-state index in [2.05, 4.69) is 4.90 Å². The van der Waals surface area contributed by atoms with Gasteiger partial charge in [-0.1, -0.05) is 43.3 Å². The Hall–Kier alpha value is -3.33. The molecule has 1 aliphatic heterocycles. The van der Waals surface area contributed by atoms with Gasteiger partial charge in [0.15, 0.2) is 0 Å². The van der Waals surface area contributed by atoms with Gasteiger partial charge in [0.2, 0.25) is 5.91 Å². The van der Waals surface area contributed by atoms with E-state index in [4.69, 9.17) is 4.74 Å². The van der Waals surface area contributed by atoms with Crippen molar-refractivity contribution in [2.75, 3.05) is 52.9 Å². The summed E-state index contributed by atoms with van der Waals surface area (Å²) >= 11 is 0. The highest BCUT2D eigenvalue weighted by Gasteiger charge is 2.31. The molecule has 2 aromatic carbocycles. The molecule has 0 bridgehead atoms. The van der Waals surface area contributed by atoms with E-state index in [9.17, 15) is 22.8 Å². The molecular formula is C28H34F3N3O3. The Kier molecular flexibility index (Phi) is 10.1. The maximum atomic E-state index is 13.0. The normalized spacial score (nSPS) is 14.7. The number of methoxy groups -OCH3 is 1. The van der Waals surface area contributed by atoms with E-state index in [1.807, 2.05) is 48.2 Å². The van der Waals surface area contributed by atoms with Gasteiger partial charge in [-0.05, 0) is 30.7 Å². The van der Waals surface area contributed by atoms with Gasteiger partial charge in [-0.15, -0.1) is 0 Å². The number of nitrogens with zero attached hydrogens (tertiary/aromatic N) is 3. The van der Waals surface area contributed by atoms with E-state index in [-0.39, 0.29) is 11.5 Å². The third kappa shape index (κ3) is 8.08. The molecule has 0 N–H and O–H groups in total. The number of ether oxygens (including phenoxy) is 1. The first kappa shape index (κ1) is 28.2. The zero-order valence-corrected chi connectivity index (χ0v) is 21.3. The summed E-state index contributed by atoms with van der Waals surface area (Å²) in [4.78, 5) is 31.0. The second-order valence-electron chi connectivity index (χ2n) is 8.95. The molecule has 1 saturated heterocycles. The molecule has 3 rings (SSSR count). The molecule has 0 aliphatic carbocycles. The number of carbonyl (C=O) groups excluding carboxylic acids is 2. The molecular weight excluding hydrogens is 483 g/mol. The van der Waals surface area contributed by atoms with Crippen molar-refractivity contribution in [1.82, 2.24) is 14.7 Å². The summed E-state index contributed by atoms with van der Waals surface area (Å²) in [6, 6.07) is 12.2. The lowest BCUT2D eigenvalue weighted by atomic mass is 10.1. The highest BCUT2D eigenvalue weighted by atomic mass is 19.4. The van der Waals surface area contributed by atoms with Gasteiger partial charge < -0.3 is 14.5 Å². The Balaban J connectivity index is 1.53. The largest absolute Gasteiger partial charge is 0.496 e. The van der Waals surface area contributed by atoms with Crippen LogP contribution < -0.4 is 4.74 Å². The number of piperazine rings is 1. The minimum atomic E-state index is -4.49. The molecule has 1 fully saturated rings. The van der Waals surface area contributed by atoms with Crippen LogP contribution in [0.1, 0.15) is 41.3 Å². The number of amides is 2. The number of halogens is 3. The first-order chi connectivity index (χ1) is 17.7. The second-order valence-corrected chi connectivity index (χ2v) is 8.95. The standard InChI is InChI=1S/C28H34F3N3O3/c1-3-8-26(35)33(14-7-11-22-9-4-5-13-25(22)37-2)18-15-32-16-19-34(20-17-32)27(36)23-10-6-12-24(21-23)28(29,30)31/h4-7,9-13,21H,3,8,14-20H2,1-2H3. The first-order valence-corrected chi connectivity index (χ1v) is 12.5. The van der Waals surface area contributed by atoms with Crippen LogP contribution >= 0.6 is 0 Å².